The van der Waals surface area contributed by atoms with Gasteiger partial charge in [-0.05, 0) is 23.3 Å². The average Bonchev–Trinajstić information content (AvgIpc) is 2.66. The number of rotatable bonds is 2. The summed E-state index contributed by atoms with van der Waals surface area (Å²) in [6.45, 7) is 0.330. The van der Waals surface area contributed by atoms with Crippen LogP contribution in [-0.2, 0) is 9.53 Å². The zero-order chi connectivity index (χ0) is 11.5. The molecular weight excluding hydrogens is 247 g/mol. The highest BCUT2D eigenvalue weighted by Gasteiger charge is 2.09. The monoisotopic (exact) mass is 254 g/mol. The van der Waals surface area contributed by atoms with Gasteiger partial charge in [0.2, 0.25) is 0 Å². The van der Waals surface area contributed by atoms with Crippen molar-refractivity contribution in [1.82, 2.24) is 0 Å². The molecule has 1 aliphatic rings. The first kappa shape index (κ1) is 11.2. The third-order valence-electron chi connectivity index (χ3n) is 2.12. The summed E-state index contributed by atoms with van der Waals surface area (Å²) in [5.74, 6) is -0.297. The SMILES string of the molecule is O=C1C=C(/C=C/c2ccc(Cl)c(Cl)c2)CO1. The number of esters is 1. The number of ether oxygens (including phenoxy) is 1. The molecule has 0 unspecified atom stereocenters. The first-order valence-electron chi connectivity index (χ1n) is 4.65. The van der Waals surface area contributed by atoms with Crippen LogP contribution in [-0.4, -0.2) is 12.6 Å². The smallest absolute Gasteiger partial charge is 0.331 e. The lowest BCUT2D eigenvalue weighted by molar-refractivity contribution is -0.134. The zero-order valence-electron chi connectivity index (χ0n) is 8.24. The van der Waals surface area contributed by atoms with Gasteiger partial charge in [0.1, 0.15) is 6.61 Å². The lowest BCUT2D eigenvalue weighted by atomic mass is 10.1. The molecule has 0 spiro atoms. The van der Waals surface area contributed by atoms with Crippen molar-refractivity contribution in [2.75, 3.05) is 6.61 Å². The van der Waals surface area contributed by atoms with Crippen LogP contribution < -0.4 is 0 Å². The Hall–Kier alpha value is -1.25. The molecule has 2 nitrogen and oxygen atoms in total. The third kappa shape index (κ3) is 2.65. The summed E-state index contributed by atoms with van der Waals surface area (Å²) in [5, 5.41) is 1.04. The molecule has 0 radical (unpaired) electrons. The Labute approximate surface area is 103 Å². The van der Waals surface area contributed by atoms with E-state index in [9.17, 15) is 4.79 Å². The van der Waals surface area contributed by atoms with E-state index in [1.165, 1.54) is 6.08 Å². The molecule has 4 heteroatoms. The van der Waals surface area contributed by atoms with Crippen LogP contribution in [0.3, 0.4) is 0 Å². The number of benzene rings is 1. The highest BCUT2D eigenvalue weighted by molar-refractivity contribution is 6.42. The van der Waals surface area contributed by atoms with Crippen molar-refractivity contribution in [3.8, 4) is 0 Å². The van der Waals surface area contributed by atoms with Crippen molar-refractivity contribution in [2.24, 2.45) is 0 Å². The molecule has 0 N–H and O–H groups in total. The van der Waals surface area contributed by atoms with Crippen molar-refractivity contribution in [1.29, 1.82) is 0 Å². The Morgan fingerprint density at radius 3 is 2.62 bits per heavy atom. The van der Waals surface area contributed by atoms with Crippen molar-refractivity contribution in [3.05, 3.63) is 51.5 Å². The Morgan fingerprint density at radius 2 is 2.00 bits per heavy atom. The first-order valence-corrected chi connectivity index (χ1v) is 5.41. The molecule has 1 aromatic carbocycles. The summed E-state index contributed by atoms with van der Waals surface area (Å²) in [5.41, 5.74) is 1.77. The van der Waals surface area contributed by atoms with Crippen molar-refractivity contribution in [3.63, 3.8) is 0 Å². The molecule has 0 saturated carbocycles. The number of halogens is 2. The second kappa shape index (κ2) is 4.73. The Balaban J connectivity index is 2.15. The van der Waals surface area contributed by atoms with E-state index < -0.39 is 0 Å². The van der Waals surface area contributed by atoms with E-state index in [1.807, 2.05) is 18.2 Å². The Bertz CT molecular complexity index is 490. The van der Waals surface area contributed by atoms with Gasteiger partial charge in [-0.3, -0.25) is 0 Å². The van der Waals surface area contributed by atoms with Gasteiger partial charge in [-0.25, -0.2) is 4.79 Å². The van der Waals surface area contributed by atoms with E-state index in [0.29, 0.717) is 16.7 Å². The maximum atomic E-state index is 10.8. The molecule has 2 rings (SSSR count). The summed E-state index contributed by atoms with van der Waals surface area (Å²) < 4.78 is 4.77. The molecule has 16 heavy (non-hydrogen) atoms. The maximum Gasteiger partial charge on any atom is 0.331 e. The molecule has 0 aromatic heterocycles. The summed E-state index contributed by atoms with van der Waals surface area (Å²) in [6, 6.07) is 5.34. The van der Waals surface area contributed by atoms with Crippen LogP contribution in [0.1, 0.15) is 5.56 Å². The largest absolute Gasteiger partial charge is 0.458 e. The lowest BCUT2D eigenvalue weighted by Crippen LogP contribution is -1.90. The maximum absolute atomic E-state index is 10.8. The van der Waals surface area contributed by atoms with Gasteiger partial charge >= 0.3 is 5.97 Å². The van der Waals surface area contributed by atoms with Crippen LogP contribution in [0.2, 0.25) is 10.0 Å². The van der Waals surface area contributed by atoms with Gasteiger partial charge in [0.25, 0.3) is 0 Å². The highest BCUT2D eigenvalue weighted by Crippen LogP contribution is 2.23. The molecule has 1 heterocycles. The number of cyclic esters (lactones) is 1. The van der Waals surface area contributed by atoms with Gasteiger partial charge in [-0.1, -0.05) is 41.4 Å². The minimum Gasteiger partial charge on any atom is -0.458 e. The van der Waals surface area contributed by atoms with Gasteiger partial charge in [-0.2, -0.15) is 0 Å². The molecule has 82 valence electrons. The van der Waals surface area contributed by atoms with Crippen LogP contribution in [0.4, 0.5) is 0 Å². The second-order valence-corrected chi connectivity index (χ2v) is 4.15. The molecule has 1 aromatic rings. The number of carbonyl (C=O) groups excluding carboxylic acids is 1. The average molecular weight is 255 g/mol. The molecule has 0 aliphatic carbocycles. The quantitative estimate of drug-likeness (QED) is 0.756. The van der Waals surface area contributed by atoms with Gasteiger partial charge in [-0.15, -0.1) is 0 Å². The fourth-order valence-corrected chi connectivity index (χ4v) is 1.61. The second-order valence-electron chi connectivity index (χ2n) is 3.33. The zero-order valence-corrected chi connectivity index (χ0v) is 9.76. The van der Waals surface area contributed by atoms with Crippen molar-refractivity contribution >= 4 is 35.2 Å². The van der Waals surface area contributed by atoms with Gasteiger partial charge in [0.05, 0.1) is 10.0 Å². The van der Waals surface area contributed by atoms with Crippen LogP contribution in [0.15, 0.2) is 35.9 Å². The molecular formula is C12H8Cl2O2. The minimum absolute atomic E-state index is 0.297. The number of hydrogen-bond acceptors (Lipinski definition) is 2. The van der Waals surface area contributed by atoms with E-state index in [0.717, 1.165) is 11.1 Å². The molecule has 0 saturated heterocycles. The van der Waals surface area contributed by atoms with E-state index >= 15 is 0 Å². The topological polar surface area (TPSA) is 26.3 Å². The first-order chi connectivity index (χ1) is 7.65. The Morgan fingerprint density at radius 1 is 1.19 bits per heavy atom. The summed E-state index contributed by atoms with van der Waals surface area (Å²) >= 11 is 11.7. The molecule has 0 fully saturated rings. The molecule has 0 bridgehead atoms. The normalized spacial score (nSPS) is 15.4. The predicted octanol–water partition coefficient (Wildman–Crippen LogP) is 3.49. The summed E-state index contributed by atoms with van der Waals surface area (Å²) in [7, 11) is 0. The standard InChI is InChI=1S/C12H8Cl2O2/c13-10-4-3-8(5-11(10)14)1-2-9-6-12(15)16-7-9/h1-6H,7H2/b2-1+. The predicted molar refractivity (Wildman–Crippen MR) is 64.5 cm³/mol. The van der Waals surface area contributed by atoms with Gasteiger partial charge < -0.3 is 4.74 Å². The van der Waals surface area contributed by atoms with E-state index in [2.05, 4.69) is 0 Å². The molecule has 0 atom stereocenters. The fourth-order valence-electron chi connectivity index (χ4n) is 1.30. The highest BCUT2D eigenvalue weighted by atomic mass is 35.5. The summed E-state index contributed by atoms with van der Waals surface area (Å²) in [4.78, 5) is 10.8. The van der Waals surface area contributed by atoms with Crippen LogP contribution >= 0.6 is 23.2 Å². The molecule has 0 amide bonds. The third-order valence-corrected chi connectivity index (χ3v) is 2.86. The van der Waals surface area contributed by atoms with E-state index in [4.69, 9.17) is 27.9 Å². The summed E-state index contributed by atoms with van der Waals surface area (Å²) in [6.07, 6.45) is 5.15. The van der Waals surface area contributed by atoms with Crippen LogP contribution in [0, 0.1) is 0 Å². The van der Waals surface area contributed by atoms with E-state index in [1.54, 1.807) is 12.1 Å². The Kier molecular flexibility index (Phi) is 3.32. The number of carbonyl (C=O) groups is 1. The lowest BCUT2D eigenvalue weighted by Gasteiger charge is -1.97. The van der Waals surface area contributed by atoms with Crippen molar-refractivity contribution < 1.29 is 9.53 Å². The van der Waals surface area contributed by atoms with Crippen LogP contribution in [0.25, 0.3) is 6.08 Å². The van der Waals surface area contributed by atoms with Gasteiger partial charge in [0, 0.05) is 6.08 Å². The van der Waals surface area contributed by atoms with Crippen molar-refractivity contribution in [2.45, 2.75) is 0 Å². The molecule has 1 aliphatic heterocycles. The minimum atomic E-state index is -0.297. The van der Waals surface area contributed by atoms with Gasteiger partial charge in [0.15, 0.2) is 0 Å². The fraction of sp³-hybridized carbons (Fsp3) is 0.0833. The number of hydrogen-bond donors (Lipinski definition) is 0. The van der Waals surface area contributed by atoms with E-state index in [-0.39, 0.29) is 5.97 Å². The van der Waals surface area contributed by atoms with Crippen LogP contribution in [0.5, 0.6) is 0 Å².